The number of aryl methyl sites for hydroxylation is 1. The number of halogens is 3. The van der Waals surface area contributed by atoms with Crippen LogP contribution in [-0.4, -0.2) is 97.9 Å². The number of ether oxygens (including phenoxy) is 1. The van der Waals surface area contributed by atoms with Crippen molar-refractivity contribution in [1.29, 1.82) is 0 Å². The van der Waals surface area contributed by atoms with Gasteiger partial charge >= 0.3 is 12.1 Å². The molecule has 2 aliphatic heterocycles. The van der Waals surface area contributed by atoms with Crippen LogP contribution in [0.5, 0.6) is 5.88 Å². The number of carbonyl (C=O) groups is 1. The van der Waals surface area contributed by atoms with Gasteiger partial charge in [-0.25, -0.2) is 23.4 Å². The highest BCUT2D eigenvalue weighted by Crippen LogP contribution is 2.39. The second-order valence-electron chi connectivity index (χ2n) is 10.8. The minimum atomic E-state index is -4.88. The van der Waals surface area contributed by atoms with Crippen molar-refractivity contribution in [2.24, 2.45) is 0 Å². The van der Waals surface area contributed by atoms with Gasteiger partial charge in [0.1, 0.15) is 0 Å². The van der Waals surface area contributed by atoms with Gasteiger partial charge < -0.3 is 14.5 Å². The molecule has 0 radical (unpaired) electrons. The Labute approximate surface area is 246 Å². The smallest absolute Gasteiger partial charge is 0.471 e. The fourth-order valence-corrected chi connectivity index (χ4v) is 7.34. The van der Waals surface area contributed by atoms with E-state index < -0.39 is 21.9 Å². The Hall–Kier alpha value is -3.04. The summed E-state index contributed by atoms with van der Waals surface area (Å²) < 4.78 is 69.2. The minimum absolute atomic E-state index is 0.000641. The first-order chi connectivity index (χ1) is 19.8. The molecule has 2 aliphatic rings. The number of piperazine rings is 1. The highest BCUT2D eigenvalue weighted by atomic mass is 32.2. The third kappa shape index (κ3) is 6.62. The van der Waals surface area contributed by atoms with Gasteiger partial charge in [0.25, 0.3) is 0 Å². The summed E-state index contributed by atoms with van der Waals surface area (Å²) in [7, 11) is -1.92. The molecule has 15 heteroatoms. The van der Waals surface area contributed by atoms with E-state index in [1.165, 1.54) is 18.4 Å². The van der Waals surface area contributed by atoms with Crippen molar-refractivity contribution in [2.45, 2.75) is 44.7 Å². The summed E-state index contributed by atoms with van der Waals surface area (Å²) >= 11 is 1.52. The van der Waals surface area contributed by atoms with Crippen molar-refractivity contribution < 1.29 is 31.1 Å². The van der Waals surface area contributed by atoms with E-state index >= 15 is 0 Å². The first-order valence-electron chi connectivity index (χ1n) is 13.7. The van der Waals surface area contributed by atoms with Crippen LogP contribution in [0.1, 0.15) is 35.3 Å². The molecular formula is C27H33F3N6O4S2. The molecule has 1 amide bonds. The van der Waals surface area contributed by atoms with Crippen LogP contribution in [0, 0.1) is 6.92 Å². The molecule has 2 fully saturated rings. The molecule has 2 saturated heterocycles. The van der Waals surface area contributed by atoms with Crippen molar-refractivity contribution in [3.05, 3.63) is 28.3 Å². The first-order valence-corrected chi connectivity index (χ1v) is 16.6. The lowest BCUT2D eigenvalue weighted by atomic mass is 10.1. The minimum Gasteiger partial charge on any atom is -0.481 e. The summed E-state index contributed by atoms with van der Waals surface area (Å²) in [4.78, 5) is 32.1. The summed E-state index contributed by atoms with van der Waals surface area (Å²) in [6.07, 6.45) is 1.08. The molecule has 0 atom stereocenters. The van der Waals surface area contributed by atoms with Gasteiger partial charge in [0.05, 0.1) is 28.8 Å². The molecule has 0 saturated carbocycles. The lowest BCUT2D eigenvalue weighted by molar-refractivity contribution is -0.187. The molecule has 228 valence electrons. The topological polar surface area (TPSA) is 109 Å². The Morgan fingerprint density at radius 3 is 2.38 bits per heavy atom. The van der Waals surface area contributed by atoms with E-state index in [0.29, 0.717) is 42.4 Å². The fourth-order valence-electron chi connectivity index (χ4n) is 5.45. The number of aromatic nitrogens is 3. The van der Waals surface area contributed by atoms with E-state index in [-0.39, 0.29) is 24.7 Å². The van der Waals surface area contributed by atoms with Crippen LogP contribution in [-0.2, 0) is 26.9 Å². The molecule has 0 unspecified atom stereocenters. The zero-order valence-electron chi connectivity index (χ0n) is 23.7. The normalized spacial score (nSPS) is 17.2. The number of fused-ring (bicyclic) bond motifs is 1. The highest BCUT2D eigenvalue weighted by Gasteiger charge is 2.43. The van der Waals surface area contributed by atoms with Gasteiger partial charge in [0.15, 0.2) is 9.84 Å². The van der Waals surface area contributed by atoms with E-state index in [2.05, 4.69) is 9.88 Å². The molecule has 5 rings (SSSR count). The Balaban J connectivity index is 1.53. The molecule has 10 nitrogen and oxygen atoms in total. The number of hydrogen-bond donors (Lipinski definition) is 0. The largest absolute Gasteiger partial charge is 0.481 e. The summed E-state index contributed by atoms with van der Waals surface area (Å²) in [6, 6.07) is 1.75. The van der Waals surface area contributed by atoms with Crippen LogP contribution in [0.15, 0.2) is 12.3 Å². The van der Waals surface area contributed by atoms with Crippen molar-refractivity contribution in [3.63, 3.8) is 0 Å². The van der Waals surface area contributed by atoms with Crippen molar-refractivity contribution in [2.75, 3.05) is 57.5 Å². The van der Waals surface area contributed by atoms with E-state index in [0.717, 1.165) is 64.2 Å². The van der Waals surface area contributed by atoms with Crippen molar-refractivity contribution >= 4 is 43.2 Å². The molecule has 42 heavy (non-hydrogen) atoms. The average molecular weight is 627 g/mol. The molecule has 3 aromatic heterocycles. The van der Waals surface area contributed by atoms with Crippen LogP contribution in [0.25, 0.3) is 21.5 Å². The van der Waals surface area contributed by atoms with E-state index in [4.69, 9.17) is 14.7 Å². The SMILES string of the molecule is COc1ncc(-c2nc(N3CCCCC3)nc3c(CN4CCN(C(=O)C(F)(F)F)CC4)c(C)sc23)cc1CS(C)(=O)=O. The molecule has 0 aromatic carbocycles. The maximum absolute atomic E-state index is 12.9. The van der Waals surface area contributed by atoms with E-state index in [1.54, 1.807) is 12.3 Å². The van der Waals surface area contributed by atoms with E-state index in [9.17, 15) is 26.4 Å². The second kappa shape index (κ2) is 11.9. The van der Waals surface area contributed by atoms with Crippen LogP contribution in [0.4, 0.5) is 19.1 Å². The summed E-state index contributed by atoms with van der Waals surface area (Å²) in [6.45, 7) is 4.71. The van der Waals surface area contributed by atoms with Gasteiger partial charge in [0.2, 0.25) is 11.8 Å². The number of rotatable bonds is 7. The standard InChI is InChI=1S/C27H33F3N6O4S2/c1-17-20(15-34-9-11-35(12-10-34)25(37)27(28,29)30)22-23(41-17)21(32-26(33-22)36-7-5-4-6-8-36)18-13-19(16-42(3,38)39)24(40-2)31-14-18/h13-14H,4-12,15-16H2,1-3H3. The second-order valence-corrected chi connectivity index (χ2v) is 14.1. The summed E-state index contributed by atoms with van der Waals surface area (Å²) in [5.74, 6) is -1.22. The molecule has 0 N–H and O–H groups in total. The van der Waals surface area contributed by atoms with Gasteiger partial charge in [0, 0.05) is 79.8 Å². The number of sulfone groups is 1. The molecule has 5 heterocycles. The molecular weight excluding hydrogens is 593 g/mol. The van der Waals surface area contributed by atoms with Crippen LogP contribution in [0.3, 0.4) is 0 Å². The van der Waals surface area contributed by atoms with Gasteiger partial charge in [-0.05, 0) is 32.3 Å². The number of anilines is 1. The number of hydrogen-bond acceptors (Lipinski definition) is 10. The molecule has 0 aliphatic carbocycles. The van der Waals surface area contributed by atoms with Gasteiger partial charge in [-0.3, -0.25) is 9.69 Å². The Morgan fingerprint density at radius 2 is 1.76 bits per heavy atom. The van der Waals surface area contributed by atoms with Gasteiger partial charge in [-0.15, -0.1) is 11.3 Å². The predicted molar refractivity (Wildman–Crippen MR) is 154 cm³/mol. The third-order valence-corrected chi connectivity index (χ3v) is 9.53. The Bertz CT molecular complexity index is 1580. The number of pyridine rings is 1. The Kier molecular flexibility index (Phi) is 8.63. The van der Waals surface area contributed by atoms with Crippen LogP contribution < -0.4 is 9.64 Å². The third-order valence-electron chi connectivity index (χ3n) is 7.55. The maximum atomic E-state index is 12.9. The number of methoxy groups -OCH3 is 1. The summed E-state index contributed by atoms with van der Waals surface area (Å²) in [5.41, 5.74) is 3.45. The number of nitrogens with zero attached hydrogens (tertiary/aromatic N) is 6. The van der Waals surface area contributed by atoms with Crippen molar-refractivity contribution in [1.82, 2.24) is 24.8 Å². The average Bonchev–Trinajstić information content (AvgIpc) is 3.26. The number of thiophene rings is 1. The summed E-state index contributed by atoms with van der Waals surface area (Å²) in [5, 5.41) is 0. The zero-order valence-corrected chi connectivity index (χ0v) is 25.3. The lowest BCUT2D eigenvalue weighted by Gasteiger charge is -2.35. The van der Waals surface area contributed by atoms with E-state index in [1.807, 2.05) is 11.8 Å². The number of carbonyl (C=O) groups excluding carboxylic acids is 1. The lowest BCUT2D eigenvalue weighted by Crippen LogP contribution is -2.52. The van der Waals surface area contributed by atoms with Crippen LogP contribution in [0.2, 0.25) is 0 Å². The Morgan fingerprint density at radius 1 is 1.07 bits per heavy atom. The zero-order chi connectivity index (χ0) is 30.2. The van der Waals surface area contributed by atoms with Crippen LogP contribution >= 0.6 is 11.3 Å². The predicted octanol–water partition coefficient (Wildman–Crippen LogP) is 3.81. The number of alkyl halides is 3. The monoisotopic (exact) mass is 626 g/mol. The molecule has 0 bridgehead atoms. The number of amides is 1. The highest BCUT2D eigenvalue weighted by molar-refractivity contribution is 7.89. The quantitative estimate of drug-likeness (QED) is 0.387. The fraction of sp³-hybridized carbons (Fsp3) is 0.556. The number of piperidine rings is 1. The molecule has 0 spiro atoms. The molecule has 3 aromatic rings. The van der Waals surface area contributed by atoms with Gasteiger partial charge in [-0.1, -0.05) is 0 Å². The van der Waals surface area contributed by atoms with Gasteiger partial charge in [-0.2, -0.15) is 13.2 Å². The first kappa shape index (κ1) is 30.4. The van der Waals surface area contributed by atoms with Crippen molar-refractivity contribution in [3.8, 4) is 17.1 Å². The maximum Gasteiger partial charge on any atom is 0.471 e.